The Morgan fingerprint density at radius 3 is 2.95 bits per heavy atom. The van der Waals surface area contributed by atoms with Crippen LogP contribution in [0.2, 0.25) is 0 Å². The lowest BCUT2D eigenvalue weighted by Crippen LogP contribution is -2.35. The van der Waals surface area contributed by atoms with Crippen LogP contribution in [0, 0.1) is 11.8 Å². The van der Waals surface area contributed by atoms with Crippen molar-refractivity contribution in [2.45, 2.75) is 51.1 Å². The summed E-state index contributed by atoms with van der Waals surface area (Å²) in [7, 11) is 0. The van der Waals surface area contributed by atoms with E-state index in [9.17, 15) is 9.90 Å². The van der Waals surface area contributed by atoms with E-state index in [0.29, 0.717) is 6.42 Å². The third-order valence-electron chi connectivity index (χ3n) is 4.54. The molecule has 0 aromatic rings. The molecule has 1 aliphatic carbocycles. The molecule has 4 nitrogen and oxygen atoms in total. The summed E-state index contributed by atoms with van der Waals surface area (Å²) in [6.07, 6.45) is 5.63. The van der Waals surface area contributed by atoms with Gasteiger partial charge in [0.05, 0.1) is 17.6 Å². The number of carbonyl (C=O) groups excluding carboxylic acids is 1. The molecule has 0 saturated carbocycles. The minimum absolute atomic E-state index is 0.0652. The van der Waals surface area contributed by atoms with Crippen molar-refractivity contribution < 1.29 is 19.4 Å². The monoisotopic (exact) mass is 264 g/mol. The van der Waals surface area contributed by atoms with Gasteiger partial charge in [0.25, 0.3) is 0 Å². The lowest BCUT2D eigenvalue weighted by atomic mass is 9.81. The smallest absolute Gasteiger partial charge is 0.309 e. The number of hydrogen-bond donors (Lipinski definition) is 1. The van der Waals surface area contributed by atoms with Crippen molar-refractivity contribution in [2.24, 2.45) is 11.8 Å². The molecule has 3 rings (SSSR count). The van der Waals surface area contributed by atoms with Gasteiger partial charge >= 0.3 is 5.97 Å². The summed E-state index contributed by atoms with van der Waals surface area (Å²) in [6, 6.07) is 0. The maximum absolute atomic E-state index is 11.7. The number of ether oxygens (including phenoxy) is 2. The second-order valence-electron chi connectivity index (χ2n) is 6.16. The van der Waals surface area contributed by atoms with Crippen LogP contribution in [0.4, 0.5) is 0 Å². The van der Waals surface area contributed by atoms with E-state index in [4.69, 9.17) is 9.47 Å². The largest absolute Gasteiger partial charge is 0.457 e. The Hall–Kier alpha value is -1.13. The predicted octanol–water partition coefficient (Wildman–Crippen LogP) is 1.59. The summed E-state index contributed by atoms with van der Waals surface area (Å²) in [6.45, 7) is 5.80. The molecule has 0 radical (unpaired) electrons. The Bertz CT molecular complexity index is 467. The summed E-state index contributed by atoms with van der Waals surface area (Å²) < 4.78 is 11.0. The van der Waals surface area contributed by atoms with Gasteiger partial charge in [-0.1, -0.05) is 24.6 Å². The summed E-state index contributed by atoms with van der Waals surface area (Å²) in [5.41, 5.74) is 0.729. The Morgan fingerprint density at radius 2 is 2.21 bits per heavy atom. The lowest BCUT2D eigenvalue weighted by Gasteiger charge is -2.25. The molecule has 0 bridgehead atoms. The quantitative estimate of drug-likeness (QED) is 0.533. The zero-order valence-electron chi connectivity index (χ0n) is 11.5. The number of rotatable bonds is 0. The summed E-state index contributed by atoms with van der Waals surface area (Å²) in [5, 5.41) is 10.5. The van der Waals surface area contributed by atoms with Crippen LogP contribution >= 0.6 is 0 Å². The Labute approximate surface area is 113 Å². The Morgan fingerprint density at radius 1 is 1.47 bits per heavy atom. The van der Waals surface area contributed by atoms with Crippen LogP contribution < -0.4 is 0 Å². The second-order valence-corrected chi connectivity index (χ2v) is 6.16. The maximum Gasteiger partial charge on any atom is 0.309 e. The molecule has 0 amide bonds. The van der Waals surface area contributed by atoms with E-state index in [1.165, 1.54) is 0 Å². The third kappa shape index (κ3) is 2.13. The fraction of sp³-hybridized carbons (Fsp3) is 0.667. The normalized spacial score (nSPS) is 48.9. The average Bonchev–Trinajstić information content (AvgIpc) is 2.86. The van der Waals surface area contributed by atoms with Crippen LogP contribution in [0.5, 0.6) is 0 Å². The molecule has 2 fully saturated rings. The average molecular weight is 264 g/mol. The highest BCUT2D eigenvalue weighted by Crippen LogP contribution is 2.45. The first-order chi connectivity index (χ1) is 8.90. The number of hydrogen-bond acceptors (Lipinski definition) is 4. The van der Waals surface area contributed by atoms with E-state index in [2.05, 4.69) is 0 Å². The van der Waals surface area contributed by atoms with E-state index in [0.717, 1.165) is 5.57 Å². The highest BCUT2D eigenvalue weighted by molar-refractivity contribution is 5.75. The molecular weight excluding hydrogens is 244 g/mol. The van der Waals surface area contributed by atoms with Crippen molar-refractivity contribution >= 4 is 5.97 Å². The van der Waals surface area contributed by atoms with Gasteiger partial charge in [-0.25, -0.2) is 0 Å². The van der Waals surface area contributed by atoms with Gasteiger partial charge < -0.3 is 14.6 Å². The standard InChI is InChI=1S/C15H20O4/c1-8-4-5-12-15(3,19-12)7-10(16)13-9(2)14(17)18-11(13)6-8/h4-6,9-13,16H,7H2,1-3H3/t9-,10+,11+,12+,13+,15+/m0/s1. The molecule has 104 valence electrons. The van der Waals surface area contributed by atoms with Crippen molar-refractivity contribution in [3.8, 4) is 0 Å². The summed E-state index contributed by atoms with van der Waals surface area (Å²) in [4.78, 5) is 11.7. The van der Waals surface area contributed by atoms with Gasteiger partial charge in [0, 0.05) is 12.3 Å². The highest BCUT2D eigenvalue weighted by atomic mass is 16.6. The van der Waals surface area contributed by atoms with Crippen molar-refractivity contribution in [3.63, 3.8) is 0 Å². The second kappa shape index (κ2) is 4.18. The van der Waals surface area contributed by atoms with Gasteiger partial charge in [0.1, 0.15) is 12.2 Å². The van der Waals surface area contributed by atoms with E-state index in [-0.39, 0.29) is 35.6 Å². The topological polar surface area (TPSA) is 59.1 Å². The molecule has 2 saturated heterocycles. The first-order valence-corrected chi connectivity index (χ1v) is 6.84. The molecule has 3 aliphatic rings. The van der Waals surface area contributed by atoms with Crippen LogP contribution in [0.1, 0.15) is 27.2 Å². The van der Waals surface area contributed by atoms with Crippen LogP contribution in [0.25, 0.3) is 0 Å². The number of allylic oxidation sites excluding steroid dienone is 2. The SMILES string of the molecule is CC1=C[C@H]2OC(=O)[C@@H](C)[C@@H]2[C@H](O)C[C@@]2(C)O[C@@H]2C=C1. The first-order valence-electron chi connectivity index (χ1n) is 6.84. The molecule has 2 aliphatic heterocycles. The van der Waals surface area contributed by atoms with Gasteiger partial charge in [0.15, 0.2) is 0 Å². The minimum atomic E-state index is -0.586. The van der Waals surface area contributed by atoms with Crippen molar-refractivity contribution in [3.05, 3.63) is 23.8 Å². The minimum Gasteiger partial charge on any atom is -0.457 e. The van der Waals surface area contributed by atoms with Crippen LogP contribution in [0.3, 0.4) is 0 Å². The fourth-order valence-corrected chi connectivity index (χ4v) is 3.23. The van der Waals surface area contributed by atoms with Gasteiger partial charge in [-0.15, -0.1) is 0 Å². The van der Waals surface area contributed by atoms with Crippen molar-refractivity contribution in [2.75, 3.05) is 0 Å². The number of carbonyl (C=O) groups is 1. The number of fused-ring (bicyclic) bond motifs is 2. The van der Waals surface area contributed by atoms with E-state index in [1.807, 2.05) is 39.0 Å². The Balaban J connectivity index is 1.95. The van der Waals surface area contributed by atoms with Gasteiger partial charge in [-0.2, -0.15) is 0 Å². The summed E-state index contributed by atoms with van der Waals surface area (Å²) >= 11 is 0. The molecule has 6 atom stereocenters. The molecule has 19 heavy (non-hydrogen) atoms. The molecule has 4 heteroatoms. The maximum atomic E-state index is 11.7. The Kier molecular flexibility index (Phi) is 2.84. The fourth-order valence-electron chi connectivity index (χ4n) is 3.23. The lowest BCUT2D eigenvalue weighted by molar-refractivity contribution is -0.142. The number of aliphatic hydroxyl groups excluding tert-OH is 1. The van der Waals surface area contributed by atoms with Crippen LogP contribution in [-0.2, 0) is 14.3 Å². The van der Waals surface area contributed by atoms with Gasteiger partial charge in [-0.05, 0) is 19.9 Å². The van der Waals surface area contributed by atoms with Crippen LogP contribution in [0.15, 0.2) is 23.8 Å². The van der Waals surface area contributed by atoms with Crippen LogP contribution in [-0.4, -0.2) is 35.0 Å². The van der Waals surface area contributed by atoms with E-state index >= 15 is 0 Å². The van der Waals surface area contributed by atoms with E-state index < -0.39 is 6.10 Å². The molecule has 2 heterocycles. The molecular formula is C15H20O4. The molecule has 0 aromatic carbocycles. The van der Waals surface area contributed by atoms with Gasteiger partial charge in [-0.3, -0.25) is 4.79 Å². The molecule has 0 spiro atoms. The zero-order valence-corrected chi connectivity index (χ0v) is 11.5. The summed E-state index contributed by atoms with van der Waals surface area (Å²) in [5.74, 6) is -0.677. The molecule has 1 N–H and O–H groups in total. The van der Waals surface area contributed by atoms with E-state index in [1.54, 1.807) is 0 Å². The van der Waals surface area contributed by atoms with Gasteiger partial charge in [0.2, 0.25) is 0 Å². The molecule has 0 aromatic heterocycles. The van der Waals surface area contributed by atoms with Crippen molar-refractivity contribution in [1.82, 2.24) is 0 Å². The predicted molar refractivity (Wildman–Crippen MR) is 69.3 cm³/mol. The number of aliphatic hydroxyl groups is 1. The zero-order chi connectivity index (χ0) is 13.8. The van der Waals surface area contributed by atoms with Crippen molar-refractivity contribution in [1.29, 1.82) is 0 Å². The first kappa shape index (κ1) is 12.9. The number of epoxide rings is 1. The molecule has 0 unspecified atom stereocenters. The highest BCUT2D eigenvalue weighted by Gasteiger charge is 2.55. The third-order valence-corrected chi connectivity index (χ3v) is 4.54. The number of esters is 1.